The average molecular weight is 339 g/mol. The summed E-state index contributed by atoms with van der Waals surface area (Å²) in [5, 5.41) is 16.4. The van der Waals surface area contributed by atoms with Crippen molar-refractivity contribution in [2.24, 2.45) is 10.2 Å². The zero-order chi connectivity index (χ0) is 16.6. The van der Waals surface area contributed by atoms with E-state index in [9.17, 15) is 0 Å². The van der Waals surface area contributed by atoms with Crippen molar-refractivity contribution in [3.63, 3.8) is 0 Å². The molecular formula is C17H19N6S+. The maximum atomic E-state index is 4.18. The first-order chi connectivity index (χ1) is 11.8. The maximum Gasteiger partial charge on any atom is 0.251 e. The monoisotopic (exact) mass is 339 g/mol. The molecule has 0 aliphatic heterocycles. The maximum absolute atomic E-state index is 4.18. The van der Waals surface area contributed by atoms with Gasteiger partial charge < -0.3 is 4.90 Å². The molecule has 6 nitrogen and oxygen atoms in total. The van der Waals surface area contributed by atoms with E-state index in [1.54, 1.807) is 5.51 Å². The minimum Gasteiger partial charge on any atom is -0.365 e. The zero-order valence-electron chi connectivity index (χ0n) is 13.5. The van der Waals surface area contributed by atoms with Gasteiger partial charge in [-0.05, 0) is 31.2 Å². The molecule has 0 unspecified atom stereocenters. The smallest absolute Gasteiger partial charge is 0.251 e. The molecule has 0 radical (unpaired) electrons. The standard InChI is InChI=1S/C17H19N6S/c1-2-23(13-12-22-10-4-3-5-11-22)16-8-6-15(7-9-16)19-21-17-20-18-14-24-17/h3-11,14H,2,12-13H2,1H3/q+1/b21-19+. The number of likely N-dealkylation sites (N-methyl/N-ethyl adjacent to an activating group) is 1. The summed E-state index contributed by atoms with van der Waals surface area (Å²) in [6, 6.07) is 14.2. The summed E-state index contributed by atoms with van der Waals surface area (Å²) in [7, 11) is 0. The van der Waals surface area contributed by atoms with E-state index >= 15 is 0 Å². The lowest BCUT2D eigenvalue weighted by atomic mass is 10.2. The summed E-state index contributed by atoms with van der Waals surface area (Å²) in [4.78, 5) is 2.34. The molecule has 3 rings (SSSR count). The van der Waals surface area contributed by atoms with Crippen LogP contribution < -0.4 is 9.47 Å². The van der Waals surface area contributed by atoms with E-state index in [-0.39, 0.29) is 0 Å². The summed E-state index contributed by atoms with van der Waals surface area (Å²) < 4.78 is 2.19. The zero-order valence-corrected chi connectivity index (χ0v) is 14.3. The van der Waals surface area contributed by atoms with Gasteiger partial charge in [0.15, 0.2) is 18.9 Å². The van der Waals surface area contributed by atoms with E-state index in [0.29, 0.717) is 5.13 Å². The number of azo groups is 1. The van der Waals surface area contributed by atoms with Gasteiger partial charge in [-0.3, -0.25) is 0 Å². The van der Waals surface area contributed by atoms with Crippen LogP contribution in [-0.4, -0.2) is 23.3 Å². The Kier molecular flexibility index (Phi) is 5.57. The van der Waals surface area contributed by atoms with Crippen LogP contribution in [0.15, 0.2) is 70.6 Å². The van der Waals surface area contributed by atoms with Gasteiger partial charge in [0, 0.05) is 24.4 Å². The van der Waals surface area contributed by atoms with Gasteiger partial charge in [0.05, 0.1) is 12.2 Å². The molecule has 0 bridgehead atoms. The van der Waals surface area contributed by atoms with Gasteiger partial charge in [0.25, 0.3) is 5.13 Å². The molecule has 0 saturated heterocycles. The molecular weight excluding hydrogens is 320 g/mol. The lowest BCUT2D eigenvalue weighted by molar-refractivity contribution is -0.694. The van der Waals surface area contributed by atoms with Crippen molar-refractivity contribution in [2.75, 3.05) is 18.0 Å². The highest BCUT2D eigenvalue weighted by molar-refractivity contribution is 7.13. The van der Waals surface area contributed by atoms with E-state index in [2.05, 4.69) is 61.3 Å². The first kappa shape index (κ1) is 16.2. The van der Waals surface area contributed by atoms with Gasteiger partial charge in [0.1, 0.15) is 5.51 Å². The molecule has 0 amide bonds. The van der Waals surface area contributed by atoms with Crippen LogP contribution in [0.5, 0.6) is 0 Å². The second-order valence-corrected chi connectivity index (χ2v) is 5.94. The van der Waals surface area contributed by atoms with Crippen LogP contribution >= 0.6 is 11.3 Å². The lowest BCUT2D eigenvalue weighted by Crippen LogP contribution is -2.40. The minimum atomic E-state index is 0.564. The number of nitrogens with zero attached hydrogens (tertiary/aromatic N) is 6. The van der Waals surface area contributed by atoms with Crippen molar-refractivity contribution < 1.29 is 4.57 Å². The highest BCUT2D eigenvalue weighted by Gasteiger charge is 2.07. The molecule has 0 fully saturated rings. The minimum absolute atomic E-state index is 0.564. The average Bonchev–Trinajstić information content (AvgIpc) is 3.16. The Balaban J connectivity index is 1.62. The first-order valence-electron chi connectivity index (χ1n) is 7.82. The second kappa shape index (κ2) is 8.26. The van der Waals surface area contributed by atoms with Crippen molar-refractivity contribution >= 4 is 27.8 Å². The first-order valence-corrected chi connectivity index (χ1v) is 8.70. The van der Waals surface area contributed by atoms with Crippen LogP contribution in [0.3, 0.4) is 0 Å². The number of rotatable bonds is 7. The number of anilines is 1. The van der Waals surface area contributed by atoms with Gasteiger partial charge >= 0.3 is 0 Å². The fourth-order valence-electron chi connectivity index (χ4n) is 2.33. The molecule has 2 heterocycles. The highest BCUT2D eigenvalue weighted by atomic mass is 32.1. The molecule has 0 aliphatic rings. The normalized spacial score (nSPS) is 11.0. The number of aromatic nitrogens is 3. The van der Waals surface area contributed by atoms with Crippen molar-refractivity contribution in [3.05, 3.63) is 60.4 Å². The summed E-state index contributed by atoms with van der Waals surface area (Å²) in [6.45, 7) is 5.03. The molecule has 0 atom stereocenters. The van der Waals surface area contributed by atoms with Gasteiger partial charge in [0.2, 0.25) is 0 Å². The van der Waals surface area contributed by atoms with Crippen LogP contribution in [0.1, 0.15) is 6.92 Å². The van der Waals surface area contributed by atoms with E-state index in [4.69, 9.17) is 0 Å². The lowest BCUT2D eigenvalue weighted by Gasteiger charge is -2.21. The number of hydrogen-bond donors (Lipinski definition) is 0. The van der Waals surface area contributed by atoms with E-state index in [1.807, 2.05) is 30.3 Å². The van der Waals surface area contributed by atoms with Crippen molar-refractivity contribution in [1.82, 2.24) is 10.2 Å². The number of benzene rings is 1. The second-order valence-electron chi connectivity index (χ2n) is 5.13. The quantitative estimate of drug-likeness (QED) is 0.486. The molecule has 7 heteroatoms. The van der Waals surface area contributed by atoms with Crippen LogP contribution in [-0.2, 0) is 6.54 Å². The molecule has 122 valence electrons. The highest BCUT2D eigenvalue weighted by Crippen LogP contribution is 2.22. The molecule has 0 N–H and O–H groups in total. The van der Waals surface area contributed by atoms with Crippen molar-refractivity contribution in [1.29, 1.82) is 0 Å². The molecule has 0 spiro atoms. The predicted molar refractivity (Wildman–Crippen MR) is 95.1 cm³/mol. The summed E-state index contributed by atoms with van der Waals surface area (Å²) in [5.74, 6) is 0. The molecule has 0 aliphatic carbocycles. The van der Waals surface area contributed by atoms with E-state index < -0.39 is 0 Å². The van der Waals surface area contributed by atoms with E-state index in [0.717, 1.165) is 25.3 Å². The molecule has 24 heavy (non-hydrogen) atoms. The number of hydrogen-bond acceptors (Lipinski definition) is 6. The predicted octanol–water partition coefficient (Wildman–Crippen LogP) is 3.77. The Morgan fingerprint density at radius 3 is 2.54 bits per heavy atom. The van der Waals surface area contributed by atoms with Gasteiger partial charge in [-0.15, -0.1) is 20.4 Å². The summed E-state index contributed by atoms with van der Waals surface area (Å²) >= 11 is 1.37. The van der Waals surface area contributed by atoms with Crippen LogP contribution in [0.4, 0.5) is 16.5 Å². The molecule has 3 aromatic rings. The molecule has 1 aromatic carbocycles. The van der Waals surface area contributed by atoms with Crippen LogP contribution in [0.2, 0.25) is 0 Å². The van der Waals surface area contributed by atoms with Gasteiger partial charge in [-0.25, -0.2) is 4.57 Å². The van der Waals surface area contributed by atoms with Crippen molar-refractivity contribution in [2.45, 2.75) is 13.5 Å². The third-order valence-electron chi connectivity index (χ3n) is 3.60. The van der Waals surface area contributed by atoms with E-state index in [1.165, 1.54) is 17.0 Å². The summed E-state index contributed by atoms with van der Waals surface area (Å²) in [6.07, 6.45) is 4.18. The Hall–Kier alpha value is -2.67. The molecule has 0 saturated carbocycles. The van der Waals surface area contributed by atoms with Gasteiger partial charge in [-0.1, -0.05) is 17.4 Å². The fourth-order valence-corrected chi connectivity index (χ4v) is 2.70. The Morgan fingerprint density at radius 1 is 1.08 bits per heavy atom. The van der Waals surface area contributed by atoms with Gasteiger partial charge in [-0.2, -0.15) is 0 Å². The fraction of sp³-hybridized carbons (Fsp3) is 0.235. The third-order valence-corrected chi connectivity index (χ3v) is 4.18. The van der Waals surface area contributed by atoms with Crippen LogP contribution in [0.25, 0.3) is 0 Å². The Labute approximate surface area is 145 Å². The summed E-state index contributed by atoms with van der Waals surface area (Å²) in [5.41, 5.74) is 3.63. The SMILES string of the molecule is CCN(CC[n+]1ccccc1)c1ccc(/N=N/c2nncs2)cc1. The Bertz CT molecular complexity index is 756. The van der Waals surface area contributed by atoms with Crippen LogP contribution in [0, 0.1) is 0 Å². The third kappa shape index (κ3) is 4.42. The van der Waals surface area contributed by atoms with Crippen molar-refractivity contribution in [3.8, 4) is 0 Å². The number of pyridine rings is 1. The Morgan fingerprint density at radius 2 is 1.88 bits per heavy atom. The topological polar surface area (TPSA) is 57.6 Å². The largest absolute Gasteiger partial charge is 0.365 e. The molecule has 2 aromatic heterocycles.